The monoisotopic (exact) mass is 387 g/mol. The maximum Gasteiger partial charge on any atom is 0.426 e. The summed E-state index contributed by atoms with van der Waals surface area (Å²) >= 11 is 1.61. The van der Waals surface area contributed by atoms with Gasteiger partial charge in [-0.25, -0.2) is 4.68 Å². The van der Waals surface area contributed by atoms with Crippen LogP contribution in [0.4, 0.5) is 13.2 Å². The number of alkyl halides is 3. The number of aryl methyl sites for hydroxylation is 1. The first-order chi connectivity index (χ1) is 12.1. The highest BCUT2D eigenvalue weighted by Crippen LogP contribution is 2.35. The number of hydrogen-bond acceptors (Lipinski definition) is 4. The second-order valence-corrected chi connectivity index (χ2v) is 7.95. The lowest BCUT2D eigenvalue weighted by atomic mass is 9.92. The van der Waals surface area contributed by atoms with E-state index < -0.39 is 17.7 Å². The van der Waals surface area contributed by atoms with Gasteiger partial charge in [0.05, 0.1) is 0 Å². The van der Waals surface area contributed by atoms with E-state index in [9.17, 15) is 23.1 Å². The number of hydrogen-bond donors (Lipinski definition) is 1. The van der Waals surface area contributed by atoms with Gasteiger partial charge in [-0.3, -0.25) is 4.79 Å². The molecule has 3 heterocycles. The minimum absolute atomic E-state index is 0.0970. The van der Waals surface area contributed by atoms with Gasteiger partial charge in [0.15, 0.2) is 0 Å². The third-order valence-electron chi connectivity index (χ3n) is 4.78. The van der Waals surface area contributed by atoms with Gasteiger partial charge in [0, 0.05) is 35.8 Å². The first-order valence-electron chi connectivity index (χ1n) is 8.30. The zero-order chi connectivity index (χ0) is 19.1. The Kier molecular flexibility index (Phi) is 4.87. The number of aliphatic hydroxyl groups is 1. The standard InChI is InChI=1S/C17H20F3N3O2S/c1-11-3-4-14(26-11)23-13(5-8-21-23)12-6-9-22(10-7-12)15(24)16(2,25)17(18,19)20/h3-5,8,12,25H,6-7,9-10H2,1-2H3/t16-/m1/s1. The van der Waals surface area contributed by atoms with Gasteiger partial charge in [-0.05, 0) is 44.9 Å². The van der Waals surface area contributed by atoms with Gasteiger partial charge in [0.25, 0.3) is 5.91 Å². The van der Waals surface area contributed by atoms with Crippen LogP contribution in [0.1, 0.15) is 36.3 Å². The van der Waals surface area contributed by atoms with Crippen molar-refractivity contribution in [2.45, 2.75) is 44.4 Å². The maximum atomic E-state index is 12.9. The molecule has 1 aliphatic rings. The Hall–Kier alpha value is -1.87. The van der Waals surface area contributed by atoms with Crippen LogP contribution in [0.2, 0.25) is 0 Å². The summed E-state index contributed by atoms with van der Waals surface area (Å²) in [4.78, 5) is 14.4. The van der Waals surface area contributed by atoms with Crippen molar-refractivity contribution in [1.82, 2.24) is 14.7 Å². The minimum Gasteiger partial charge on any atom is -0.373 e. The number of nitrogens with zero attached hydrogens (tertiary/aromatic N) is 3. The molecule has 0 radical (unpaired) electrons. The molecule has 0 unspecified atom stereocenters. The first kappa shape index (κ1) is 18.9. The van der Waals surface area contributed by atoms with E-state index in [0.29, 0.717) is 19.8 Å². The molecule has 2 aromatic rings. The van der Waals surface area contributed by atoms with Gasteiger partial charge < -0.3 is 10.0 Å². The number of carbonyl (C=O) groups is 1. The molecule has 26 heavy (non-hydrogen) atoms. The van der Waals surface area contributed by atoms with Gasteiger partial charge in [0.1, 0.15) is 5.00 Å². The summed E-state index contributed by atoms with van der Waals surface area (Å²) in [7, 11) is 0. The van der Waals surface area contributed by atoms with Crippen LogP contribution in [-0.2, 0) is 4.79 Å². The van der Waals surface area contributed by atoms with Crippen molar-refractivity contribution in [1.29, 1.82) is 0 Å². The SMILES string of the molecule is Cc1ccc(-n2nccc2C2CCN(C(=O)[C@@](C)(O)C(F)(F)F)CC2)s1. The van der Waals surface area contributed by atoms with Crippen molar-refractivity contribution < 1.29 is 23.1 Å². The second kappa shape index (κ2) is 6.70. The maximum absolute atomic E-state index is 12.9. The van der Waals surface area contributed by atoms with Gasteiger partial charge in [-0.15, -0.1) is 11.3 Å². The highest BCUT2D eigenvalue weighted by atomic mass is 32.1. The summed E-state index contributed by atoms with van der Waals surface area (Å²) in [5.41, 5.74) is -2.36. The third-order valence-corrected chi connectivity index (χ3v) is 5.75. The molecule has 1 amide bonds. The van der Waals surface area contributed by atoms with Gasteiger partial charge >= 0.3 is 6.18 Å². The summed E-state index contributed by atoms with van der Waals surface area (Å²) in [6.07, 6.45) is -2.24. The molecule has 5 nitrogen and oxygen atoms in total. The van der Waals surface area contributed by atoms with Crippen LogP contribution in [0.5, 0.6) is 0 Å². The topological polar surface area (TPSA) is 58.4 Å². The van der Waals surface area contributed by atoms with E-state index in [4.69, 9.17) is 0 Å². The van der Waals surface area contributed by atoms with Crippen LogP contribution in [0, 0.1) is 6.92 Å². The summed E-state index contributed by atoms with van der Waals surface area (Å²) in [5, 5.41) is 14.9. The predicted octanol–water partition coefficient (Wildman–Crippen LogP) is 3.26. The Morgan fingerprint density at radius 3 is 2.46 bits per heavy atom. The van der Waals surface area contributed by atoms with E-state index in [2.05, 4.69) is 5.10 Å². The highest BCUT2D eigenvalue weighted by Gasteiger charge is 2.57. The van der Waals surface area contributed by atoms with Crippen molar-refractivity contribution in [3.63, 3.8) is 0 Å². The average Bonchev–Trinajstić information content (AvgIpc) is 3.21. The third kappa shape index (κ3) is 3.37. The largest absolute Gasteiger partial charge is 0.426 e. The zero-order valence-electron chi connectivity index (χ0n) is 14.5. The van der Waals surface area contributed by atoms with Crippen molar-refractivity contribution >= 4 is 17.2 Å². The lowest BCUT2D eigenvalue weighted by Gasteiger charge is -2.36. The molecule has 1 saturated heterocycles. The molecule has 142 valence electrons. The number of amides is 1. The Labute approximate surface area is 153 Å². The van der Waals surface area contributed by atoms with E-state index in [1.807, 2.05) is 29.8 Å². The van der Waals surface area contributed by atoms with Gasteiger partial charge in [0.2, 0.25) is 5.60 Å². The van der Waals surface area contributed by atoms with Crippen LogP contribution in [0.3, 0.4) is 0 Å². The molecule has 0 aliphatic carbocycles. The second-order valence-electron chi connectivity index (χ2n) is 6.69. The molecule has 1 atom stereocenters. The lowest BCUT2D eigenvalue weighted by Crippen LogP contribution is -2.57. The Morgan fingerprint density at radius 2 is 1.92 bits per heavy atom. The molecule has 3 rings (SSSR count). The normalized spacial score (nSPS) is 18.8. The molecular formula is C17H20F3N3O2S. The van der Waals surface area contributed by atoms with Crippen LogP contribution in [0.15, 0.2) is 24.4 Å². The van der Waals surface area contributed by atoms with Crippen LogP contribution in [0.25, 0.3) is 5.00 Å². The number of likely N-dealkylation sites (tertiary alicyclic amines) is 1. The molecule has 1 fully saturated rings. The smallest absolute Gasteiger partial charge is 0.373 e. The number of carbonyl (C=O) groups excluding carboxylic acids is 1. The average molecular weight is 387 g/mol. The summed E-state index contributed by atoms with van der Waals surface area (Å²) in [6.45, 7) is 2.86. The summed E-state index contributed by atoms with van der Waals surface area (Å²) in [6, 6.07) is 5.89. The van der Waals surface area contributed by atoms with Crippen molar-refractivity contribution in [2.24, 2.45) is 0 Å². The number of piperidine rings is 1. The number of aromatic nitrogens is 2. The van der Waals surface area contributed by atoms with Gasteiger partial charge in [-0.2, -0.15) is 18.3 Å². The van der Waals surface area contributed by atoms with Crippen LogP contribution >= 0.6 is 11.3 Å². The highest BCUT2D eigenvalue weighted by molar-refractivity contribution is 7.14. The van der Waals surface area contributed by atoms with Crippen LogP contribution in [-0.4, -0.2) is 50.6 Å². The van der Waals surface area contributed by atoms with Gasteiger partial charge in [-0.1, -0.05) is 0 Å². The Balaban J connectivity index is 1.70. The molecule has 0 spiro atoms. The summed E-state index contributed by atoms with van der Waals surface area (Å²) < 4.78 is 40.5. The minimum atomic E-state index is -4.99. The fraction of sp³-hybridized carbons (Fsp3) is 0.529. The van der Waals surface area contributed by atoms with E-state index >= 15 is 0 Å². The molecule has 0 saturated carbocycles. The first-order valence-corrected chi connectivity index (χ1v) is 9.12. The molecule has 1 aliphatic heterocycles. The molecule has 9 heteroatoms. The van der Waals surface area contributed by atoms with Crippen molar-refractivity contribution in [3.05, 3.63) is 35.0 Å². The number of rotatable bonds is 3. The molecule has 0 bridgehead atoms. The Bertz CT molecular complexity index is 789. The fourth-order valence-electron chi connectivity index (χ4n) is 3.15. The zero-order valence-corrected chi connectivity index (χ0v) is 15.3. The van der Waals surface area contributed by atoms with E-state index in [0.717, 1.165) is 20.5 Å². The molecular weight excluding hydrogens is 367 g/mol. The molecule has 0 aromatic carbocycles. The Morgan fingerprint density at radius 1 is 1.27 bits per heavy atom. The quantitative estimate of drug-likeness (QED) is 0.880. The fourth-order valence-corrected chi connectivity index (χ4v) is 3.99. The van der Waals surface area contributed by atoms with Crippen LogP contribution < -0.4 is 0 Å². The van der Waals surface area contributed by atoms with Crippen molar-refractivity contribution in [2.75, 3.05) is 13.1 Å². The number of halogens is 3. The summed E-state index contributed by atoms with van der Waals surface area (Å²) in [5.74, 6) is -1.19. The van der Waals surface area contributed by atoms with E-state index in [1.165, 1.54) is 0 Å². The molecule has 2 aromatic heterocycles. The molecule has 1 N–H and O–H groups in total. The number of thiophene rings is 1. The lowest BCUT2D eigenvalue weighted by molar-refractivity contribution is -0.250. The van der Waals surface area contributed by atoms with E-state index in [-0.39, 0.29) is 19.0 Å². The predicted molar refractivity (Wildman–Crippen MR) is 91.4 cm³/mol. The van der Waals surface area contributed by atoms with Crippen molar-refractivity contribution in [3.8, 4) is 5.00 Å². The van der Waals surface area contributed by atoms with E-state index in [1.54, 1.807) is 17.5 Å².